The van der Waals surface area contributed by atoms with Crippen molar-refractivity contribution < 1.29 is 8.83 Å². The molecule has 2 heterocycles. The van der Waals surface area contributed by atoms with E-state index in [1.807, 2.05) is 18.2 Å². The van der Waals surface area contributed by atoms with Gasteiger partial charge in [0.2, 0.25) is 0 Å². The number of benzene rings is 8. The third kappa shape index (κ3) is 4.44. The van der Waals surface area contributed by atoms with Crippen LogP contribution in [0.2, 0.25) is 0 Å². The first kappa shape index (κ1) is 27.5. The molecule has 49 heavy (non-hydrogen) atoms. The Balaban J connectivity index is 1.14. The predicted molar refractivity (Wildman–Crippen MR) is 204 cm³/mol. The van der Waals surface area contributed by atoms with E-state index in [1.165, 1.54) is 10.8 Å². The zero-order valence-electron chi connectivity index (χ0n) is 26.5. The number of furan rings is 2. The topological polar surface area (TPSA) is 29.5 Å². The Labute approximate surface area is 282 Å². The van der Waals surface area contributed by atoms with Gasteiger partial charge in [-0.3, -0.25) is 0 Å². The van der Waals surface area contributed by atoms with Crippen molar-refractivity contribution in [1.82, 2.24) is 0 Å². The summed E-state index contributed by atoms with van der Waals surface area (Å²) in [6.45, 7) is 0. The molecular formula is C46H29NO2. The van der Waals surface area contributed by atoms with E-state index in [9.17, 15) is 0 Å². The average Bonchev–Trinajstić information content (AvgIpc) is 3.73. The number of fused-ring (bicyclic) bond motifs is 7. The van der Waals surface area contributed by atoms with Gasteiger partial charge >= 0.3 is 0 Å². The first-order chi connectivity index (χ1) is 24.3. The van der Waals surface area contributed by atoms with Crippen LogP contribution in [0.15, 0.2) is 185 Å². The Morgan fingerprint density at radius 1 is 0.367 bits per heavy atom. The Kier molecular flexibility index (Phi) is 6.18. The minimum absolute atomic E-state index is 0.893. The van der Waals surface area contributed by atoms with Gasteiger partial charge in [-0.1, -0.05) is 121 Å². The van der Waals surface area contributed by atoms with Crippen LogP contribution in [0, 0.1) is 0 Å². The zero-order chi connectivity index (χ0) is 32.3. The molecule has 0 fully saturated rings. The highest BCUT2D eigenvalue weighted by Gasteiger charge is 2.21. The minimum atomic E-state index is 0.893. The fraction of sp³-hybridized carbons (Fsp3) is 0. The van der Waals surface area contributed by atoms with Crippen molar-refractivity contribution in [1.29, 1.82) is 0 Å². The molecule has 0 spiro atoms. The van der Waals surface area contributed by atoms with Crippen molar-refractivity contribution in [2.45, 2.75) is 0 Å². The molecule has 0 aliphatic carbocycles. The van der Waals surface area contributed by atoms with Crippen molar-refractivity contribution in [3.8, 4) is 22.3 Å². The van der Waals surface area contributed by atoms with E-state index in [2.05, 4.69) is 163 Å². The number of nitrogens with zero attached hydrogens (tertiary/aromatic N) is 1. The molecule has 0 aliphatic heterocycles. The maximum absolute atomic E-state index is 6.69. The van der Waals surface area contributed by atoms with Crippen molar-refractivity contribution in [3.63, 3.8) is 0 Å². The quantitative estimate of drug-likeness (QED) is 0.190. The molecule has 0 aliphatic rings. The molecule has 3 heteroatoms. The molecule has 2 aromatic heterocycles. The first-order valence-corrected chi connectivity index (χ1v) is 16.6. The minimum Gasteiger partial charge on any atom is -0.456 e. The van der Waals surface area contributed by atoms with Crippen LogP contribution in [0.3, 0.4) is 0 Å². The number of rotatable bonds is 5. The fourth-order valence-electron chi connectivity index (χ4n) is 7.40. The monoisotopic (exact) mass is 627 g/mol. The third-order valence-electron chi connectivity index (χ3n) is 9.65. The van der Waals surface area contributed by atoms with Crippen LogP contribution >= 0.6 is 0 Å². The lowest BCUT2D eigenvalue weighted by atomic mass is 9.97. The highest BCUT2D eigenvalue weighted by atomic mass is 16.3. The molecule has 0 saturated heterocycles. The lowest BCUT2D eigenvalue weighted by Gasteiger charge is -2.28. The lowest BCUT2D eigenvalue weighted by molar-refractivity contribution is 0.669. The maximum atomic E-state index is 6.69. The summed E-state index contributed by atoms with van der Waals surface area (Å²) in [7, 11) is 0. The second-order valence-electron chi connectivity index (χ2n) is 12.5. The SMILES string of the molecule is c1ccc(N(c2ccc(-c3cccc4oc5ccccc5c34)cc2)c2ccccc2-c2cccc3c2oc2cc4ccccc4cc23)cc1. The van der Waals surface area contributed by atoms with Crippen LogP contribution in [0.5, 0.6) is 0 Å². The lowest BCUT2D eigenvalue weighted by Crippen LogP contribution is -2.11. The Hall–Kier alpha value is -6.58. The van der Waals surface area contributed by atoms with Gasteiger partial charge in [-0.15, -0.1) is 0 Å². The standard InChI is InChI=1S/C46H29NO2/c1-2-14-33(15-3-1)47(34-26-24-30(25-27-34)35-18-11-23-43-45(35)39-17-7-9-22-42(39)48-43)41-21-8-6-16-36(41)37-19-10-20-38-40-28-31-12-4-5-13-32(31)29-44(40)49-46(37)38/h1-29H. The maximum Gasteiger partial charge on any atom is 0.143 e. The van der Waals surface area contributed by atoms with Gasteiger partial charge in [0.05, 0.1) is 5.69 Å². The van der Waals surface area contributed by atoms with Gasteiger partial charge < -0.3 is 13.7 Å². The smallest absolute Gasteiger partial charge is 0.143 e. The molecule has 0 radical (unpaired) electrons. The van der Waals surface area contributed by atoms with E-state index in [0.29, 0.717) is 0 Å². The summed E-state index contributed by atoms with van der Waals surface area (Å²) in [5, 5.41) is 6.90. The van der Waals surface area contributed by atoms with Gasteiger partial charge in [-0.2, -0.15) is 0 Å². The molecule has 0 N–H and O–H groups in total. The Morgan fingerprint density at radius 2 is 1.00 bits per heavy atom. The van der Waals surface area contributed by atoms with E-state index < -0.39 is 0 Å². The summed E-state index contributed by atoms with van der Waals surface area (Å²) in [5.74, 6) is 0. The highest BCUT2D eigenvalue weighted by molar-refractivity contribution is 6.14. The molecule has 230 valence electrons. The molecule has 0 amide bonds. The second kappa shape index (κ2) is 11.0. The van der Waals surface area contributed by atoms with Gasteiger partial charge in [-0.05, 0) is 76.5 Å². The van der Waals surface area contributed by atoms with E-state index in [1.54, 1.807) is 0 Å². The molecule has 0 saturated carbocycles. The summed E-state index contributed by atoms with van der Waals surface area (Å²) >= 11 is 0. The van der Waals surface area contributed by atoms with Crippen LogP contribution < -0.4 is 4.90 Å². The molecule has 8 aromatic carbocycles. The average molecular weight is 628 g/mol. The van der Waals surface area contributed by atoms with Crippen molar-refractivity contribution in [3.05, 3.63) is 176 Å². The number of para-hydroxylation sites is 4. The van der Waals surface area contributed by atoms with Gasteiger partial charge in [0.15, 0.2) is 0 Å². The van der Waals surface area contributed by atoms with Gasteiger partial charge in [0, 0.05) is 44.0 Å². The van der Waals surface area contributed by atoms with Crippen molar-refractivity contribution in [2.75, 3.05) is 4.90 Å². The van der Waals surface area contributed by atoms with E-state index in [-0.39, 0.29) is 0 Å². The van der Waals surface area contributed by atoms with Crippen LogP contribution in [0.4, 0.5) is 17.1 Å². The second-order valence-corrected chi connectivity index (χ2v) is 12.5. The van der Waals surface area contributed by atoms with Crippen LogP contribution in [0.1, 0.15) is 0 Å². The van der Waals surface area contributed by atoms with Crippen LogP contribution in [-0.2, 0) is 0 Å². The van der Waals surface area contributed by atoms with E-state index >= 15 is 0 Å². The molecule has 10 aromatic rings. The third-order valence-corrected chi connectivity index (χ3v) is 9.65. The number of hydrogen-bond acceptors (Lipinski definition) is 3. The van der Waals surface area contributed by atoms with Crippen LogP contribution in [-0.4, -0.2) is 0 Å². The van der Waals surface area contributed by atoms with Gasteiger partial charge in [0.25, 0.3) is 0 Å². The first-order valence-electron chi connectivity index (χ1n) is 16.6. The fourth-order valence-corrected chi connectivity index (χ4v) is 7.40. The predicted octanol–water partition coefficient (Wildman–Crippen LogP) is 13.4. The summed E-state index contributed by atoms with van der Waals surface area (Å²) in [6.07, 6.45) is 0. The molecule has 3 nitrogen and oxygen atoms in total. The molecular weight excluding hydrogens is 599 g/mol. The Morgan fingerprint density at radius 3 is 1.88 bits per heavy atom. The highest BCUT2D eigenvalue weighted by Crippen LogP contribution is 2.45. The van der Waals surface area contributed by atoms with Gasteiger partial charge in [-0.25, -0.2) is 0 Å². The molecule has 0 unspecified atom stereocenters. The van der Waals surface area contributed by atoms with E-state index in [4.69, 9.17) is 8.83 Å². The van der Waals surface area contributed by atoms with Crippen molar-refractivity contribution >= 4 is 71.7 Å². The molecule has 10 rings (SSSR count). The Bertz CT molecular complexity index is 2830. The molecule has 0 bridgehead atoms. The summed E-state index contributed by atoms with van der Waals surface area (Å²) in [6, 6.07) is 61.9. The normalized spacial score (nSPS) is 11.7. The molecule has 0 atom stereocenters. The largest absolute Gasteiger partial charge is 0.456 e. The van der Waals surface area contributed by atoms with Gasteiger partial charge in [0.1, 0.15) is 22.3 Å². The summed E-state index contributed by atoms with van der Waals surface area (Å²) < 4.78 is 12.9. The van der Waals surface area contributed by atoms with Crippen LogP contribution in [0.25, 0.3) is 76.9 Å². The summed E-state index contributed by atoms with van der Waals surface area (Å²) in [4.78, 5) is 2.34. The summed E-state index contributed by atoms with van der Waals surface area (Å²) in [5.41, 5.74) is 11.3. The number of hydrogen-bond donors (Lipinski definition) is 0. The zero-order valence-corrected chi connectivity index (χ0v) is 26.5. The van der Waals surface area contributed by atoms with E-state index in [0.717, 1.165) is 83.2 Å². The van der Waals surface area contributed by atoms with Crippen molar-refractivity contribution in [2.24, 2.45) is 0 Å². The number of anilines is 3.